The minimum atomic E-state index is -3.90. The Morgan fingerprint density at radius 3 is 2.37 bits per heavy atom. The molecule has 1 aliphatic heterocycles. The average Bonchev–Trinajstić information content (AvgIpc) is 2.86. The molecular formula is C26H27N3O5S. The van der Waals surface area contributed by atoms with Crippen LogP contribution in [0, 0.1) is 23.0 Å². The van der Waals surface area contributed by atoms with Crippen LogP contribution < -0.4 is 5.32 Å². The van der Waals surface area contributed by atoms with Gasteiger partial charge in [0.15, 0.2) is 0 Å². The summed E-state index contributed by atoms with van der Waals surface area (Å²) in [5, 5.41) is 14.1. The summed E-state index contributed by atoms with van der Waals surface area (Å²) in [6.45, 7) is 1.96. The third kappa shape index (κ3) is 5.58. The van der Waals surface area contributed by atoms with Gasteiger partial charge in [-0.3, -0.25) is 14.9 Å². The molecule has 1 amide bonds. The first-order chi connectivity index (χ1) is 16.8. The third-order valence-corrected chi connectivity index (χ3v) is 8.38. The van der Waals surface area contributed by atoms with E-state index in [9.17, 15) is 23.3 Å². The van der Waals surface area contributed by atoms with Crippen LogP contribution in [0.4, 0.5) is 11.4 Å². The minimum absolute atomic E-state index is 0.0653. The number of carbonyl (C=O) groups is 1. The van der Waals surface area contributed by atoms with Gasteiger partial charge in [-0.05, 0) is 48.9 Å². The molecule has 9 heteroatoms. The molecule has 0 aromatic heterocycles. The van der Waals surface area contributed by atoms with Crippen molar-refractivity contribution in [2.24, 2.45) is 5.92 Å². The SMILES string of the molecule is Cc1ccc([N+](=O)[O-])cc1S(=O)(=O)N1CCC(C(=O)Nc2ccccc2Cc2ccccc2)CC1. The van der Waals surface area contributed by atoms with Gasteiger partial charge in [-0.25, -0.2) is 8.42 Å². The number of carbonyl (C=O) groups excluding carboxylic acids is 1. The number of hydrogen-bond donors (Lipinski definition) is 1. The summed E-state index contributed by atoms with van der Waals surface area (Å²) >= 11 is 0. The molecule has 1 saturated heterocycles. The number of para-hydroxylation sites is 1. The van der Waals surface area contributed by atoms with Gasteiger partial charge in [0.25, 0.3) is 5.69 Å². The summed E-state index contributed by atoms with van der Waals surface area (Å²) in [4.78, 5) is 23.5. The third-order valence-electron chi connectivity index (χ3n) is 6.34. The molecule has 0 radical (unpaired) electrons. The second-order valence-electron chi connectivity index (χ2n) is 8.69. The van der Waals surface area contributed by atoms with Gasteiger partial charge >= 0.3 is 0 Å². The van der Waals surface area contributed by atoms with Gasteiger partial charge in [0, 0.05) is 36.8 Å². The van der Waals surface area contributed by atoms with E-state index in [0.29, 0.717) is 24.8 Å². The second-order valence-corrected chi connectivity index (χ2v) is 10.6. The second kappa shape index (κ2) is 10.4. The summed E-state index contributed by atoms with van der Waals surface area (Å²) in [6, 6.07) is 21.5. The van der Waals surface area contributed by atoms with Gasteiger partial charge in [-0.2, -0.15) is 4.31 Å². The van der Waals surface area contributed by atoms with Crippen molar-refractivity contribution in [3.05, 3.63) is 99.6 Å². The van der Waals surface area contributed by atoms with Crippen LogP contribution in [0.1, 0.15) is 29.5 Å². The van der Waals surface area contributed by atoms with Crippen molar-refractivity contribution in [2.45, 2.75) is 31.1 Å². The first-order valence-electron chi connectivity index (χ1n) is 11.4. The minimum Gasteiger partial charge on any atom is -0.326 e. The molecule has 1 fully saturated rings. The number of nitro benzene ring substituents is 1. The van der Waals surface area contributed by atoms with E-state index in [1.807, 2.05) is 54.6 Å². The highest BCUT2D eigenvalue weighted by molar-refractivity contribution is 7.89. The van der Waals surface area contributed by atoms with Crippen molar-refractivity contribution in [1.29, 1.82) is 0 Å². The lowest BCUT2D eigenvalue weighted by molar-refractivity contribution is -0.385. The molecule has 3 aromatic carbocycles. The van der Waals surface area contributed by atoms with E-state index in [0.717, 1.165) is 22.9 Å². The highest BCUT2D eigenvalue weighted by Gasteiger charge is 2.33. The zero-order valence-corrected chi connectivity index (χ0v) is 20.2. The van der Waals surface area contributed by atoms with Crippen LogP contribution in [-0.2, 0) is 21.2 Å². The molecule has 1 heterocycles. The first-order valence-corrected chi connectivity index (χ1v) is 12.9. The van der Waals surface area contributed by atoms with Gasteiger partial charge in [0.05, 0.1) is 9.82 Å². The smallest absolute Gasteiger partial charge is 0.270 e. The number of hydrogen-bond acceptors (Lipinski definition) is 5. The molecular weight excluding hydrogens is 466 g/mol. The Hall–Kier alpha value is -3.56. The molecule has 4 rings (SSSR count). The Bertz CT molecular complexity index is 1330. The predicted molar refractivity (Wildman–Crippen MR) is 134 cm³/mol. The van der Waals surface area contributed by atoms with Crippen molar-refractivity contribution in [3.63, 3.8) is 0 Å². The van der Waals surface area contributed by atoms with E-state index in [1.54, 1.807) is 6.92 Å². The Morgan fingerprint density at radius 2 is 1.69 bits per heavy atom. The Labute approximate surface area is 204 Å². The number of non-ortho nitro benzene ring substituents is 1. The maximum atomic E-state index is 13.2. The van der Waals surface area contributed by atoms with E-state index >= 15 is 0 Å². The lowest BCUT2D eigenvalue weighted by Gasteiger charge is -2.31. The predicted octanol–water partition coefficient (Wildman–Crippen LogP) is 4.53. The number of nitrogens with one attached hydrogen (secondary N) is 1. The Morgan fingerprint density at radius 1 is 1.03 bits per heavy atom. The molecule has 8 nitrogen and oxygen atoms in total. The number of rotatable bonds is 7. The summed E-state index contributed by atoms with van der Waals surface area (Å²) in [6.07, 6.45) is 1.44. The van der Waals surface area contributed by atoms with Crippen LogP contribution in [0.5, 0.6) is 0 Å². The highest BCUT2D eigenvalue weighted by Crippen LogP contribution is 2.29. The number of benzene rings is 3. The lowest BCUT2D eigenvalue weighted by atomic mass is 9.96. The summed E-state index contributed by atoms with van der Waals surface area (Å²) in [5.74, 6) is -0.452. The molecule has 0 bridgehead atoms. The fraction of sp³-hybridized carbons (Fsp3) is 0.269. The van der Waals surface area contributed by atoms with E-state index in [4.69, 9.17) is 0 Å². The largest absolute Gasteiger partial charge is 0.326 e. The molecule has 1 N–H and O–H groups in total. The van der Waals surface area contributed by atoms with Crippen molar-refractivity contribution in [2.75, 3.05) is 18.4 Å². The van der Waals surface area contributed by atoms with Gasteiger partial charge in [0.2, 0.25) is 15.9 Å². The summed E-state index contributed by atoms with van der Waals surface area (Å²) < 4.78 is 27.7. The number of nitro groups is 1. The van der Waals surface area contributed by atoms with Crippen molar-refractivity contribution < 1.29 is 18.1 Å². The van der Waals surface area contributed by atoms with Gasteiger partial charge in [0.1, 0.15) is 0 Å². The number of nitrogens with zero attached hydrogens (tertiary/aromatic N) is 2. The maximum Gasteiger partial charge on any atom is 0.270 e. The molecule has 0 unspecified atom stereocenters. The monoisotopic (exact) mass is 493 g/mol. The van der Waals surface area contributed by atoms with Crippen LogP contribution in [-0.4, -0.2) is 36.6 Å². The van der Waals surface area contributed by atoms with E-state index in [1.165, 1.54) is 16.4 Å². The molecule has 3 aromatic rings. The normalized spacial score (nSPS) is 15.0. The fourth-order valence-corrected chi connectivity index (χ4v) is 6.04. The van der Waals surface area contributed by atoms with E-state index < -0.39 is 14.9 Å². The summed E-state index contributed by atoms with van der Waals surface area (Å²) in [7, 11) is -3.90. The number of sulfonamides is 1. The number of aryl methyl sites for hydroxylation is 1. The van der Waals surface area contributed by atoms with Crippen LogP contribution in [0.2, 0.25) is 0 Å². The molecule has 1 aliphatic rings. The van der Waals surface area contributed by atoms with Gasteiger partial charge in [-0.1, -0.05) is 54.6 Å². The number of amides is 1. The molecule has 182 valence electrons. The molecule has 0 saturated carbocycles. The topological polar surface area (TPSA) is 110 Å². The fourth-order valence-electron chi connectivity index (χ4n) is 4.32. The van der Waals surface area contributed by atoms with Gasteiger partial charge < -0.3 is 5.32 Å². The Kier molecular flexibility index (Phi) is 7.28. The molecule has 0 atom stereocenters. The van der Waals surface area contributed by atoms with E-state index in [2.05, 4.69) is 5.32 Å². The zero-order chi connectivity index (χ0) is 25.0. The standard InChI is InChI=1S/C26H27N3O5S/c1-19-11-12-23(29(31)32)18-25(19)35(33,34)28-15-13-21(14-16-28)26(30)27-24-10-6-5-9-22(24)17-20-7-3-2-4-8-20/h2-12,18,21H,13-17H2,1H3,(H,27,30). The van der Waals surface area contributed by atoms with Crippen LogP contribution in [0.15, 0.2) is 77.7 Å². The quantitative estimate of drug-likeness (QED) is 0.384. The molecule has 35 heavy (non-hydrogen) atoms. The molecule has 0 aliphatic carbocycles. The van der Waals surface area contributed by atoms with Crippen LogP contribution >= 0.6 is 0 Å². The van der Waals surface area contributed by atoms with Gasteiger partial charge in [-0.15, -0.1) is 0 Å². The summed E-state index contributed by atoms with van der Waals surface area (Å²) in [5.41, 5.74) is 3.09. The number of piperidine rings is 1. The average molecular weight is 494 g/mol. The lowest BCUT2D eigenvalue weighted by Crippen LogP contribution is -2.41. The van der Waals surface area contributed by atoms with Crippen LogP contribution in [0.25, 0.3) is 0 Å². The van der Waals surface area contributed by atoms with Crippen molar-refractivity contribution in [3.8, 4) is 0 Å². The van der Waals surface area contributed by atoms with Crippen molar-refractivity contribution >= 4 is 27.3 Å². The van der Waals surface area contributed by atoms with Crippen molar-refractivity contribution in [1.82, 2.24) is 4.31 Å². The number of anilines is 1. The Balaban J connectivity index is 1.42. The first kappa shape index (κ1) is 24.6. The van der Waals surface area contributed by atoms with Crippen LogP contribution in [0.3, 0.4) is 0 Å². The highest BCUT2D eigenvalue weighted by atomic mass is 32.2. The maximum absolute atomic E-state index is 13.2. The molecule has 0 spiro atoms. The zero-order valence-electron chi connectivity index (χ0n) is 19.4. The van der Waals surface area contributed by atoms with E-state index in [-0.39, 0.29) is 35.5 Å².